The van der Waals surface area contributed by atoms with Gasteiger partial charge < -0.3 is 9.84 Å². The third kappa shape index (κ3) is 1.90. The molecule has 1 aliphatic rings. The number of aliphatic hydroxyl groups is 1. The number of hydrogen-bond donors (Lipinski definition) is 1. The first-order chi connectivity index (χ1) is 5.15. The molecule has 1 rings (SSSR count). The molecule has 0 saturated carbocycles. The van der Waals surface area contributed by atoms with Crippen molar-refractivity contribution in [1.82, 2.24) is 0 Å². The molecule has 0 fully saturated rings. The van der Waals surface area contributed by atoms with Crippen LogP contribution in [0.5, 0.6) is 0 Å². The monoisotopic (exact) mass is 238 g/mol. The van der Waals surface area contributed by atoms with Gasteiger partial charge in [-0.25, -0.2) is 4.79 Å². The zero-order valence-corrected chi connectivity index (χ0v) is 8.24. The molecule has 62 valence electrons. The van der Waals surface area contributed by atoms with Crippen LogP contribution >= 0.6 is 27.7 Å². The first-order valence-corrected chi connectivity index (χ1v) is 4.76. The number of aliphatic hydroxyl groups excluding tert-OH is 1. The molecule has 1 heterocycles. The number of carbonyl (C=O) groups excluding carboxylic acids is 1. The molecule has 3 nitrogen and oxygen atoms in total. The molecule has 0 aromatic rings. The van der Waals surface area contributed by atoms with Gasteiger partial charge in [0.25, 0.3) is 0 Å². The minimum absolute atomic E-state index is 0.0941. The zero-order chi connectivity index (χ0) is 8.43. The quantitative estimate of drug-likeness (QED) is 0.559. The van der Waals surface area contributed by atoms with Gasteiger partial charge >= 0.3 is 5.97 Å². The van der Waals surface area contributed by atoms with E-state index >= 15 is 0 Å². The van der Waals surface area contributed by atoms with Gasteiger partial charge in [-0.1, -0.05) is 27.7 Å². The van der Waals surface area contributed by atoms with E-state index in [4.69, 9.17) is 0 Å². The highest BCUT2D eigenvalue weighted by molar-refractivity contribution is 9.11. The fourth-order valence-electron chi connectivity index (χ4n) is 0.741. The van der Waals surface area contributed by atoms with Crippen molar-refractivity contribution in [2.45, 2.75) is 10.6 Å². The summed E-state index contributed by atoms with van der Waals surface area (Å²) in [5.74, 6) is -0.349. The van der Waals surface area contributed by atoms with Crippen LogP contribution < -0.4 is 0 Å². The fourth-order valence-corrected chi connectivity index (χ4v) is 2.50. The second-order valence-electron chi connectivity index (χ2n) is 2.00. The number of alkyl halides is 1. The Morgan fingerprint density at radius 2 is 2.55 bits per heavy atom. The van der Waals surface area contributed by atoms with Crippen LogP contribution in [0.2, 0.25) is 0 Å². The summed E-state index contributed by atoms with van der Waals surface area (Å²) in [6.07, 6.45) is 0.481. The van der Waals surface area contributed by atoms with Crippen LogP contribution in [0.4, 0.5) is 0 Å². The van der Waals surface area contributed by atoms with E-state index in [1.807, 2.05) is 0 Å². The SMILES string of the molecule is COC(=O)C1=C(O)CC(Br)S1. The van der Waals surface area contributed by atoms with Crippen molar-refractivity contribution in [2.75, 3.05) is 7.11 Å². The van der Waals surface area contributed by atoms with Crippen LogP contribution in [-0.4, -0.2) is 22.3 Å². The van der Waals surface area contributed by atoms with Crippen LogP contribution in [0.1, 0.15) is 6.42 Å². The molecular formula is C6H7BrO3S. The summed E-state index contributed by atoms with van der Waals surface area (Å²) in [6.45, 7) is 0. The van der Waals surface area contributed by atoms with Gasteiger partial charge in [-0.15, -0.1) is 0 Å². The maximum absolute atomic E-state index is 10.9. The lowest BCUT2D eigenvalue weighted by molar-refractivity contribution is -0.135. The Balaban J connectivity index is 2.72. The van der Waals surface area contributed by atoms with Crippen LogP contribution in [0.3, 0.4) is 0 Å². The molecule has 1 unspecified atom stereocenters. The highest BCUT2D eigenvalue weighted by Gasteiger charge is 2.28. The highest BCUT2D eigenvalue weighted by atomic mass is 79.9. The topological polar surface area (TPSA) is 46.5 Å². The normalized spacial score (nSPS) is 24.0. The van der Waals surface area contributed by atoms with Crippen molar-refractivity contribution in [3.05, 3.63) is 10.7 Å². The summed E-state index contributed by atoms with van der Waals surface area (Å²) in [7, 11) is 1.30. The number of methoxy groups -OCH3 is 1. The lowest BCUT2D eigenvalue weighted by atomic mass is 10.4. The van der Waals surface area contributed by atoms with Crippen molar-refractivity contribution in [3.63, 3.8) is 0 Å². The molecule has 0 amide bonds. The van der Waals surface area contributed by atoms with Gasteiger partial charge in [0, 0.05) is 6.42 Å². The standard InChI is InChI=1S/C6H7BrO3S/c1-10-6(9)5-3(8)2-4(7)11-5/h4,8H,2H2,1H3. The smallest absolute Gasteiger partial charge is 0.347 e. The molecule has 1 atom stereocenters. The first-order valence-electron chi connectivity index (χ1n) is 2.96. The summed E-state index contributed by atoms with van der Waals surface area (Å²) in [6, 6.07) is 0. The molecule has 1 aliphatic heterocycles. The third-order valence-electron chi connectivity index (χ3n) is 1.23. The van der Waals surface area contributed by atoms with E-state index in [2.05, 4.69) is 20.7 Å². The lowest BCUT2D eigenvalue weighted by Crippen LogP contribution is -2.01. The van der Waals surface area contributed by atoms with Gasteiger partial charge in [0.1, 0.15) is 10.7 Å². The Hall–Kier alpha value is -0.160. The molecule has 0 aliphatic carbocycles. The molecule has 0 aromatic heterocycles. The summed E-state index contributed by atoms with van der Waals surface area (Å²) in [5, 5.41) is 9.19. The van der Waals surface area contributed by atoms with E-state index in [-0.39, 0.29) is 9.92 Å². The van der Waals surface area contributed by atoms with Crippen molar-refractivity contribution < 1.29 is 14.6 Å². The third-order valence-corrected chi connectivity index (χ3v) is 3.18. The zero-order valence-electron chi connectivity index (χ0n) is 5.83. The Morgan fingerprint density at radius 3 is 2.91 bits per heavy atom. The second kappa shape index (κ2) is 3.49. The number of ether oxygens (including phenoxy) is 1. The van der Waals surface area contributed by atoms with E-state index in [9.17, 15) is 9.90 Å². The minimum atomic E-state index is -0.463. The number of hydrogen-bond acceptors (Lipinski definition) is 4. The molecule has 0 aromatic carbocycles. The van der Waals surface area contributed by atoms with E-state index < -0.39 is 5.97 Å². The van der Waals surface area contributed by atoms with Crippen molar-refractivity contribution >= 4 is 33.7 Å². The van der Waals surface area contributed by atoms with Gasteiger partial charge in [0.15, 0.2) is 0 Å². The number of allylic oxidation sites excluding steroid dienone is 1. The number of thioether (sulfide) groups is 1. The number of esters is 1. The van der Waals surface area contributed by atoms with Gasteiger partial charge in [0.2, 0.25) is 0 Å². The maximum Gasteiger partial charge on any atom is 0.347 e. The van der Waals surface area contributed by atoms with Gasteiger partial charge in [0.05, 0.1) is 11.3 Å². The Labute approximate surface area is 76.9 Å². The molecule has 0 saturated heterocycles. The predicted octanol–water partition coefficient (Wildman–Crippen LogP) is 1.79. The van der Waals surface area contributed by atoms with Gasteiger partial charge in [-0.3, -0.25) is 0 Å². The average molecular weight is 239 g/mol. The molecular weight excluding hydrogens is 232 g/mol. The van der Waals surface area contributed by atoms with Crippen LogP contribution in [0.25, 0.3) is 0 Å². The molecule has 11 heavy (non-hydrogen) atoms. The molecule has 5 heteroatoms. The lowest BCUT2D eigenvalue weighted by Gasteiger charge is -1.98. The Kier molecular flexibility index (Phi) is 2.84. The molecule has 1 N–H and O–H groups in total. The maximum atomic E-state index is 10.9. The van der Waals surface area contributed by atoms with Crippen LogP contribution in [0, 0.1) is 0 Å². The van der Waals surface area contributed by atoms with Crippen LogP contribution in [0.15, 0.2) is 10.7 Å². The van der Waals surface area contributed by atoms with Gasteiger partial charge in [-0.05, 0) is 0 Å². The number of rotatable bonds is 1. The number of carbonyl (C=O) groups is 1. The van der Waals surface area contributed by atoms with E-state index in [1.165, 1.54) is 18.9 Å². The largest absolute Gasteiger partial charge is 0.511 e. The van der Waals surface area contributed by atoms with Crippen molar-refractivity contribution in [2.24, 2.45) is 0 Å². The molecule has 0 spiro atoms. The van der Waals surface area contributed by atoms with E-state index in [0.29, 0.717) is 11.3 Å². The van der Waals surface area contributed by atoms with Crippen molar-refractivity contribution in [3.8, 4) is 0 Å². The Bertz CT molecular complexity index is 214. The van der Waals surface area contributed by atoms with Crippen molar-refractivity contribution in [1.29, 1.82) is 0 Å². The number of halogens is 1. The molecule has 0 bridgehead atoms. The minimum Gasteiger partial charge on any atom is -0.511 e. The van der Waals surface area contributed by atoms with E-state index in [0.717, 1.165) is 0 Å². The summed E-state index contributed by atoms with van der Waals surface area (Å²) in [5.41, 5.74) is 0. The summed E-state index contributed by atoms with van der Waals surface area (Å²) >= 11 is 4.55. The predicted molar refractivity (Wildman–Crippen MR) is 46.6 cm³/mol. The van der Waals surface area contributed by atoms with Crippen LogP contribution in [-0.2, 0) is 9.53 Å². The summed E-state index contributed by atoms with van der Waals surface area (Å²) in [4.78, 5) is 11.2. The average Bonchev–Trinajstić information content (AvgIpc) is 2.28. The highest BCUT2D eigenvalue weighted by Crippen LogP contribution is 2.39. The molecule has 0 radical (unpaired) electrons. The first kappa shape index (κ1) is 8.93. The fraction of sp³-hybridized carbons (Fsp3) is 0.500. The van der Waals surface area contributed by atoms with Gasteiger partial charge in [-0.2, -0.15) is 0 Å². The Morgan fingerprint density at radius 1 is 1.91 bits per heavy atom. The second-order valence-corrected chi connectivity index (χ2v) is 4.92. The summed E-state index contributed by atoms with van der Waals surface area (Å²) < 4.78 is 4.55. The van der Waals surface area contributed by atoms with E-state index in [1.54, 1.807) is 0 Å².